The SMILES string of the molecule is CC1(Oc2ccc(N)c(C/C(=C/CN3CCN(CCC(F)(F)F)CC3)N=CN)c2)CC1. The molecule has 0 amide bonds. The molecule has 1 aliphatic heterocycles. The van der Waals surface area contributed by atoms with Gasteiger partial charge in [0.05, 0.1) is 12.8 Å². The molecule has 1 saturated heterocycles. The first-order chi connectivity index (χ1) is 14.7. The number of nitrogens with zero attached hydrogens (tertiary/aromatic N) is 3. The molecule has 0 bridgehead atoms. The number of rotatable bonds is 9. The van der Waals surface area contributed by atoms with Crippen LogP contribution in [0.25, 0.3) is 0 Å². The number of alkyl halides is 3. The van der Waals surface area contributed by atoms with Gasteiger partial charge in [-0.05, 0) is 49.6 Å². The number of anilines is 1. The first-order valence-corrected chi connectivity index (χ1v) is 10.7. The average molecular weight is 440 g/mol. The summed E-state index contributed by atoms with van der Waals surface area (Å²) in [6.07, 6.45) is 1.05. The largest absolute Gasteiger partial charge is 0.488 e. The highest BCUT2D eigenvalue weighted by atomic mass is 19.4. The zero-order valence-electron chi connectivity index (χ0n) is 18.0. The number of benzene rings is 1. The van der Waals surface area contributed by atoms with Gasteiger partial charge in [-0.1, -0.05) is 0 Å². The average Bonchev–Trinajstić information content (AvgIpc) is 3.44. The topological polar surface area (TPSA) is 80.1 Å². The van der Waals surface area contributed by atoms with Crippen LogP contribution in [0.5, 0.6) is 5.75 Å². The quantitative estimate of drug-likeness (QED) is 0.351. The molecule has 9 heteroatoms. The van der Waals surface area contributed by atoms with Crippen molar-refractivity contribution < 1.29 is 17.9 Å². The predicted molar refractivity (Wildman–Crippen MR) is 117 cm³/mol. The van der Waals surface area contributed by atoms with E-state index in [2.05, 4.69) is 16.8 Å². The summed E-state index contributed by atoms with van der Waals surface area (Å²) in [5, 5.41) is 0. The van der Waals surface area contributed by atoms with Crippen LogP contribution in [-0.2, 0) is 6.42 Å². The Hall–Kier alpha value is -2.26. The summed E-state index contributed by atoms with van der Waals surface area (Å²) in [6, 6.07) is 5.69. The summed E-state index contributed by atoms with van der Waals surface area (Å²) in [4.78, 5) is 8.35. The Morgan fingerprint density at radius 3 is 2.48 bits per heavy atom. The van der Waals surface area contributed by atoms with Crippen LogP contribution in [0.3, 0.4) is 0 Å². The number of hydrogen-bond donors (Lipinski definition) is 2. The fourth-order valence-corrected chi connectivity index (χ4v) is 3.54. The number of hydrogen-bond acceptors (Lipinski definition) is 5. The Morgan fingerprint density at radius 2 is 1.87 bits per heavy atom. The predicted octanol–water partition coefficient (Wildman–Crippen LogP) is 3.18. The van der Waals surface area contributed by atoms with E-state index in [0.29, 0.717) is 31.7 Å². The Kier molecular flexibility index (Phi) is 7.48. The van der Waals surface area contributed by atoms with Crippen molar-refractivity contribution in [1.82, 2.24) is 9.80 Å². The van der Waals surface area contributed by atoms with Gasteiger partial charge < -0.3 is 21.1 Å². The second-order valence-corrected chi connectivity index (χ2v) is 8.57. The van der Waals surface area contributed by atoms with Crippen LogP contribution in [0.15, 0.2) is 35.0 Å². The molecule has 0 spiro atoms. The third-order valence-corrected chi connectivity index (χ3v) is 5.81. The lowest BCUT2D eigenvalue weighted by atomic mass is 10.1. The van der Waals surface area contributed by atoms with E-state index < -0.39 is 12.6 Å². The first-order valence-electron chi connectivity index (χ1n) is 10.7. The van der Waals surface area contributed by atoms with Crippen LogP contribution in [0.2, 0.25) is 0 Å². The van der Waals surface area contributed by atoms with E-state index in [9.17, 15) is 13.2 Å². The van der Waals surface area contributed by atoms with Gasteiger partial charge in [0.2, 0.25) is 0 Å². The molecule has 2 fully saturated rings. The van der Waals surface area contributed by atoms with Crippen molar-refractivity contribution in [2.24, 2.45) is 10.7 Å². The minimum Gasteiger partial charge on any atom is -0.488 e. The lowest BCUT2D eigenvalue weighted by Crippen LogP contribution is -2.47. The third kappa shape index (κ3) is 7.74. The van der Waals surface area contributed by atoms with Gasteiger partial charge >= 0.3 is 6.18 Å². The second-order valence-electron chi connectivity index (χ2n) is 8.57. The smallest absolute Gasteiger partial charge is 0.390 e. The molecule has 172 valence electrons. The van der Waals surface area contributed by atoms with Crippen molar-refractivity contribution in [2.45, 2.75) is 44.4 Å². The normalized spacial score (nSPS) is 20.3. The number of ether oxygens (including phenoxy) is 1. The monoisotopic (exact) mass is 439 g/mol. The van der Waals surface area contributed by atoms with Crippen LogP contribution in [0, 0.1) is 0 Å². The van der Waals surface area contributed by atoms with Gasteiger partial charge in [-0.3, -0.25) is 4.90 Å². The van der Waals surface area contributed by atoms with Gasteiger partial charge in [-0.15, -0.1) is 0 Å². The minimum absolute atomic E-state index is 0.0621. The van der Waals surface area contributed by atoms with Crippen LogP contribution in [-0.4, -0.2) is 67.2 Å². The molecule has 6 nitrogen and oxygen atoms in total. The number of piperazine rings is 1. The fourth-order valence-electron chi connectivity index (χ4n) is 3.54. The van der Waals surface area contributed by atoms with Gasteiger partial charge in [-0.2, -0.15) is 13.2 Å². The lowest BCUT2D eigenvalue weighted by molar-refractivity contribution is -0.138. The summed E-state index contributed by atoms with van der Waals surface area (Å²) in [7, 11) is 0. The zero-order chi connectivity index (χ0) is 22.5. The Labute approximate surface area is 181 Å². The molecule has 2 aliphatic rings. The van der Waals surface area contributed by atoms with Crippen LogP contribution in [0.4, 0.5) is 18.9 Å². The molecule has 1 aliphatic carbocycles. The third-order valence-electron chi connectivity index (χ3n) is 5.81. The number of nitrogen functional groups attached to an aromatic ring is 1. The van der Waals surface area contributed by atoms with Gasteiger partial charge in [0.15, 0.2) is 0 Å². The van der Waals surface area contributed by atoms with Crippen molar-refractivity contribution >= 4 is 12.0 Å². The van der Waals surface area contributed by atoms with Gasteiger partial charge in [0.1, 0.15) is 11.4 Å². The van der Waals surface area contributed by atoms with E-state index in [1.807, 2.05) is 29.2 Å². The van der Waals surface area contributed by atoms with Crippen LogP contribution < -0.4 is 16.2 Å². The molecule has 0 aromatic heterocycles. The molecule has 1 saturated carbocycles. The van der Waals surface area contributed by atoms with Crippen LogP contribution >= 0.6 is 0 Å². The maximum absolute atomic E-state index is 12.4. The van der Waals surface area contributed by atoms with Gasteiger partial charge in [0.25, 0.3) is 0 Å². The van der Waals surface area contributed by atoms with E-state index in [-0.39, 0.29) is 12.1 Å². The molecule has 31 heavy (non-hydrogen) atoms. The highest BCUT2D eigenvalue weighted by molar-refractivity contribution is 5.56. The summed E-state index contributed by atoms with van der Waals surface area (Å²) in [6.45, 7) is 5.52. The summed E-state index contributed by atoms with van der Waals surface area (Å²) in [5.74, 6) is 0.801. The zero-order valence-corrected chi connectivity index (χ0v) is 18.0. The van der Waals surface area contributed by atoms with E-state index in [1.54, 1.807) is 0 Å². The molecule has 1 aromatic carbocycles. The van der Waals surface area contributed by atoms with E-state index in [4.69, 9.17) is 16.2 Å². The molecule has 1 heterocycles. The van der Waals surface area contributed by atoms with Crippen molar-refractivity contribution in [3.8, 4) is 5.75 Å². The molecule has 3 rings (SSSR count). The van der Waals surface area contributed by atoms with Gasteiger partial charge in [-0.25, -0.2) is 4.99 Å². The number of aliphatic imine (C=N–C) groups is 1. The Balaban J connectivity index is 1.54. The van der Waals surface area contributed by atoms with Crippen molar-refractivity contribution in [2.75, 3.05) is 45.0 Å². The molecule has 0 radical (unpaired) electrons. The maximum atomic E-state index is 12.4. The van der Waals surface area contributed by atoms with Crippen molar-refractivity contribution in [3.05, 3.63) is 35.5 Å². The Morgan fingerprint density at radius 1 is 1.19 bits per heavy atom. The molecule has 0 atom stereocenters. The highest BCUT2D eigenvalue weighted by Gasteiger charge is 2.40. The van der Waals surface area contributed by atoms with Crippen molar-refractivity contribution in [1.29, 1.82) is 0 Å². The number of allylic oxidation sites excluding steroid dienone is 1. The lowest BCUT2D eigenvalue weighted by Gasteiger charge is -2.34. The minimum atomic E-state index is -4.10. The molecule has 0 unspecified atom stereocenters. The summed E-state index contributed by atoms with van der Waals surface area (Å²) >= 11 is 0. The highest BCUT2D eigenvalue weighted by Crippen LogP contribution is 2.40. The summed E-state index contributed by atoms with van der Waals surface area (Å²) < 4.78 is 43.2. The van der Waals surface area contributed by atoms with Crippen LogP contribution in [0.1, 0.15) is 31.7 Å². The van der Waals surface area contributed by atoms with E-state index in [0.717, 1.165) is 42.9 Å². The van der Waals surface area contributed by atoms with Gasteiger partial charge in [0, 0.05) is 57.1 Å². The first kappa shape index (κ1) is 23.4. The number of halogens is 3. The molecule has 4 N–H and O–H groups in total. The molecular formula is C22H32F3N5O. The summed E-state index contributed by atoms with van der Waals surface area (Å²) in [5.41, 5.74) is 14.0. The number of nitrogens with two attached hydrogens (primary N) is 2. The molecular weight excluding hydrogens is 407 g/mol. The molecule has 1 aromatic rings. The second kappa shape index (κ2) is 9.91. The van der Waals surface area contributed by atoms with Crippen molar-refractivity contribution in [3.63, 3.8) is 0 Å². The fraction of sp³-hybridized carbons (Fsp3) is 0.591. The van der Waals surface area contributed by atoms with E-state index >= 15 is 0 Å². The van der Waals surface area contributed by atoms with E-state index in [1.165, 1.54) is 6.34 Å². The Bertz CT molecular complexity index is 797. The maximum Gasteiger partial charge on any atom is 0.390 e. The standard InChI is InChI=1S/C22H32F3N5O/c1-21(5-6-21)31-19-2-3-20(27)17(15-19)14-18(28-16-26)4-8-29-10-12-30(13-11-29)9-7-22(23,24)25/h2-4,15-16H,5-14,27H2,1H3,(H2,26,28)/b18-4-.